The van der Waals surface area contributed by atoms with Gasteiger partial charge in [0.2, 0.25) is 0 Å². The van der Waals surface area contributed by atoms with Crippen LogP contribution < -0.4 is 11.2 Å². The molecule has 0 unspecified atom stereocenters. The van der Waals surface area contributed by atoms with Gasteiger partial charge in [-0.25, -0.2) is 4.79 Å². The number of hydrogen-bond donors (Lipinski definition) is 5. The summed E-state index contributed by atoms with van der Waals surface area (Å²) in [7, 11) is 0. The van der Waals surface area contributed by atoms with E-state index in [4.69, 9.17) is 9.84 Å². The van der Waals surface area contributed by atoms with E-state index in [1.54, 1.807) is 0 Å². The van der Waals surface area contributed by atoms with Crippen LogP contribution in [0.15, 0.2) is 15.8 Å². The first-order valence-electron chi connectivity index (χ1n) is 5.40. The van der Waals surface area contributed by atoms with Crippen molar-refractivity contribution in [3.63, 3.8) is 0 Å². The number of H-pyrrole nitrogens is 2. The lowest BCUT2D eigenvalue weighted by Crippen LogP contribution is -2.46. The molecule has 0 spiro atoms. The van der Waals surface area contributed by atoms with E-state index in [9.17, 15) is 24.6 Å². The molecule has 5 N–H and O–H groups in total. The number of aromatic nitrogens is 2. The zero-order chi connectivity index (χ0) is 14.2. The van der Waals surface area contributed by atoms with Crippen LogP contribution in [0.3, 0.4) is 0 Å². The molecule has 0 amide bonds. The molecule has 9 nitrogen and oxygen atoms in total. The molecule has 0 radical (unpaired) electrons. The van der Waals surface area contributed by atoms with Crippen molar-refractivity contribution in [3.8, 4) is 0 Å². The molecule has 4 atom stereocenters. The van der Waals surface area contributed by atoms with Gasteiger partial charge in [-0.15, -0.1) is 0 Å². The summed E-state index contributed by atoms with van der Waals surface area (Å²) < 4.78 is 5.12. The molecule has 0 aliphatic carbocycles. The Morgan fingerprint density at radius 3 is 2.58 bits per heavy atom. The van der Waals surface area contributed by atoms with Gasteiger partial charge in [-0.3, -0.25) is 14.6 Å². The molecule has 1 saturated heterocycles. The Bertz CT molecular complexity index is 594. The number of rotatable bonds is 3. The fourth-order valence-corrected chi connectivity index (χ4v) is 2.08. The average Bonchev–Trinajstić information content (AvgIpc) is 2.64. The van der Waals surface area contributed by atoms with E-state index in [1.165, 1.54) is 0 Å². The zero-order valence-electron chi connectivity index (χ0n) is 9.57. The second kappa shape index (κ2) is 4.70. The smallest absolute Gasteiger partial charge is 0.325 e. The van der Waals surface area contributed by atoms with Crippen molar-refractivity contribution in [3.05, 3.63) is 32.6 Å². The zero-order valence-corrected chi connectivity index (χ0v) is 9.57. The van der Waals surface area contributed by atoms with E-state index in [0.29, 0.717) is 0 Å². The molecule has 2 rings (SSSR count). The van der Waals surface area contributed by atoms with Crippen LogP contribution in [0.2, 0.25) is 0 Å². The highest BCUT2D eigenvalue weighted by atomic mass is 16.6. The summed E-state index contributed by atoms with van der Waals surface area (Å²) in [5.74, 6) is 0. The lowest BCUT2D eigenvalue weighted by atomic mass is 9.90. The lowest BCUT2D eigenvalue weighted by molar-refractivity contribution is -0.142. The topological polar surface area (TPSA) is 153 Å². The van der Waals surface area contributed by atoms with Gasteiger partial charge in [0.25, 0.3) is 5.56 Å². The van der Waals surface area contributed by atoms with Crippen LogP contribution in [-0.2, 0) is 15.1 Å². The van der Waals surface area contributed by atoms with Gasteiger partial charge in [0.1, 0.15) is 18.3 Å². The molecule has 19 heavy (non-hydrogen) atoms. The maximum atomic E-state index is 11.7. The predicted octanol–water partition coefficient (Wildman–Crippen LogP) is -3.43. The lowest BCUT2D eigenvalue weighted by Gasteiger charge is -2.25. The fraction of sp³-hybridized carbons (Fsp3) is 0.500. The van der Waals surface area contributed by atoms with Gasteiger partial charge < -0.3 is 25.0 Å². The third kappa shape index (κ3) is 1.92. The van der Waals surface area contributed by atoms with Crippen molar-refractivity contribution in [1.29, 1.82) is 0 Å². The predicted molar refractivity (Wildman–Crippen MR) is 59.4 cm³/mol. The summed E-state index contributed by atoms with van der Waals surface area (Å²) >= 11 is 0. The molecule has 0 saturated carbocycles. The third-order valence-corrected chi connectivity index (χ3v) is 3.09. The van der Waals surface area contributed by atoms with E-state index >= 15 is 0 Å². The Morgan fingerprint density at radius 1 is 1.42 bits per heavy atom. The van der Waals surface area contributed by atoms with Gasteiger partial charge in [-0.1, -0.05) is 0 Å². The van der Waals surface area contributed by atoms with Crippen LogP contribution >= 0.6 is 0 Å². The van der Waals surface area contributed by atoms with Crippen LogP contribution in [0.25, 0.3) is 0 Å². The van der Waals surface area contributed by atoms with E-state index in [2.05, 4.69) is 4.98 Å². The molecular formula is C10H12N2O7. The Balaban J connectivity index is 2.58. The maximum absolute atomic E-state index is 11.7. The number of carbonyl (C=O) groups excluding carboxylic acids is 1. The van der Waals surface area contributed by atoms with Crippen molar-refractivity contribution >= 4 is 6.29 Å². The minimum Gasteiger partial charge on any atom is -0.394 e. The number of ether oxygens (including phenoxy) is 1. The maximum Gasteiger partial charge on any atom is 0.325 e. The molecule has 0 bridgehead atoms. The summed E-state index contributed by atoms with van der Waals surface area (Å²) in [5, 5.41) is 28.5. The first kappa shape index (κ1) is 13.6. The average molecular weight is 272 g/mol. The molecule has 1 aliphatic rings. The Kier molecular flexibility index (Phi) is 3.37. The first-order chi connectivity index (χ1) is 8.96. The number of aldehydes is 1. The molecule has 1 aromatic rings. The van der Waals surface area contributed by atoms with Gasteiger partial charge in [-0.05, 0) is 0 Å². The molecular weight excluding hydrogens is 260 g/mol. The molecule has 104 valence electrons. The van der Waals surface area contributed by atoms with Crippen molar-refractivity contribution in [1.82, 2.24) is 9.97 Å². The summed E-state index contributed by atoms with van der Waals surface area (Å²) in [6.07, 6.45) is -3.42. The standard InChI is InChI=1S/C10H12N2O7/c13-2-5-6(15)7(16)10(3-14,19-5)4-1-11-9(18)12-8(4)17/h1,3,5-7,13,15-16H,2H2,(H2,11,12,17,18)/t5-,6-,7-,10+/m1/s1. The highest BCUT2D eigenvalue weighted by Gasteiger charge is 2.56. The van der Waals surface area contributed by atoms with Gasteiger partial charge in [-0.2, -0.15) is 0 Å². The van der Waals surface area contributed by atoms with Crippen molar-refractivity contribution in [2.45, 2.75) is 23.9 Å². The number of carbonyl (C=O) groups is 1. The Labute approximate surface area is 105 Å². The molecule has 1 fully saturated rings. The minimum atomic E-state index is -2.13. The van der Waals surface area contributed by atoms with Crippen LogP contribution in [0, 0.1) is 0 Å². The summed E-state index contributed by atoms with van der Waals surface area (Å²) in [4.78, 5) is 37.9. The molecule has 0 aromatic carbocycles. The number of nitrogens with one attached hydrogen (secondary N) is 2. The first-order valence-corrected chi connectivity index (χ1v) is 5.40. The van der Waals surface area contributed by atoms with Crippen molar-refractivity contribution in [2.75, 3.05) is 6.61 Å². The molecule has 2 heterocycles. The Hall–Kier alpha value is -1.81. The van der Waals surface area contributed by atoms with Gasteiger partial charge in [0.15, 0.2) is 11.9 Å². The summed E-state index contributed by atoms with van der Waals surface area (Å²) in [6.45, 7) is -0.644. The van der Waals surface area contributed by atoms with Crippen LogP contribution in [0.1, 0.15) is 5.56 Å². The minimum absolute atomic E-state index is 0.152. The van der Waals surface area contributed by atoms with Gasteiger partial charge in [0, 0.05) is 6.20 Å². The van der Waals surface area contributed by atoms with Crippen molar-refractivity contribution in [2.24, 2.45) is 0 Å². The summed E-state index contributed by atoms with van der Waals surface area (Å²) in [6, 6.07) is 0. The fourth-order valence-electron chi connectivity index (χ4n) is 2.08. The number of hydrogen-bond acceptors (Lipinski definition) is 7. The second-order valence-corrected chi connectivity index (χ2v) is 4.17. The molecule has 9 heteroatoms. The molecule has 1 aromatic heterocycles. The van der Waals surface area contributed by atoms with E-state index in [1.807, 2.05) is 4.98 Å². The van der Waals surface area contributed by atoms with E-state index in [0.717, 1.165) is 6.20 Å². The van der Waals surface area contributed by atoms with E-state index < -0.39 is 41.8 Å². The number of aliphatic hydroxyl groups excluding tert-OH is 3. The number of aliphatic hydroxyl groups is 3. The van der Waals surface area contributed by atoms with Crippen LogP contribution in [0.4, 0.5) is 0 Å². The summed E-state index contributed by atoms with van der Waals surface area (Å²) in [5.41, 5.74) is -4.21. The van der Waals surface area contributed by atoms with Gasteiger partial charge >= 0.3 is 5.69 Å². The quantitative estimate of drug-likeness (QED) is 0.359. The highest BCUT2D eigenvalue weighted by Crippen LogP contribution is 2.36. The van der Waals surface area contributed by atoms with E-state index in [-0.39, 0.29) is 11.8 Å². The van der Waals surface area contributed by atoms with Crippen LogP contribution in [0.5, 0.6) is 0 Å². The Morgan fingerprint density at radius 2 is 2.11 bits per heavy atom. The largest absolute Gasteiger partial charge is 0.394 e. The monoisotopic (exact) mass is 272 g/mol. The highest BCUT2D eigenvalue weighted by molar-refractivity contribution is 5.68. The van der Waals surface area contributed by atoms with Gasteiger partial charge in [0.05, 0.1) is 12.2 Å². The van der Waals surface area contributed by atoms with Crippen LogP contribution in [-0.4, -0.2) is 56.5 Å². The van der Waals surface area contributed by atoms with Crippen molar-refractivity contribution < 1.29 is 24.9 Å². The SMILES string of the molecule is O=C[C@@]1(c2c[nH]c(=O)[nH]c2=O)O[C@H](CO)[C@@H](O)[C@H]1O. The second-order valence-electron chi connectivity index (χ2n) is 4.17. The third-order valence-electron chi connectivity index (χ3n) is 3.09. The normalized spacial score (nSPS) is 34.4. The molecule has 1 aliphatic heterocycles. The number of aromatic amines is 2.